The number of hydrogen-bond acceptors (Lipinski definition) is 4. The summed E-state index contributed by atoms with van der Waals surface area (Å²) in [6.45, 7) is 2.32. The Morgan fingerprint density at radius 2 is 1.60 bits per heavy atom. The summed E-state index contributed by atoms with van der Waals surface area (Å²) in [4.78, 5) is 37.0. The predicted octanol–water partition coefficient (Wildman–Crippen LogP) is 1.55. The molecule has 1 aromatic carbocycles. The number of amides is 2. The van der Waals surface area contributed by atoms with Crippen LogP contribution in [0.25, 0.3) is 0 Å². The Balaban J connectivity index is 1.54. The van der Waals surface area contributed by atoms with Crippen LogP contribution in [0.2, 0.25) is 0 Å². The normalized spacial score (nSPS) is 11.7. The van der Waals surface area contributed by atoms with Crippen molar-refractivity contribution < 1.29 is 9.59 Å². The second kappa shape index (κ2) is 7.43. The summed E-state index contributed by atoms with van der Waals surface area (Å²) in [6, 6.07) is 7.54. The van der Waals surface area contributed by atoms with Gasteiger partial charge in [-0.25, -0.2) is 9.97 Å². The van der Waals surface area contributed by atoms with Gasteiger partial charge in [0.15, 0.2) is 0 Å². The first-order chi connectivity index (χ1) is 12.1. The Morgan fingerprint density at radius 3 is 2.16 bits per heavy atom. The molecule has 25 heavy (non-hydrogen) atoms. The van der Waals surface area contributed by atoms with E-state index >= 15 is 0 Å². The highest BCUT2D eigenvalue weighted by molar-refractivity contribution is 5.92. The molecule has 128 valence electrons. The number of aromatic nitrogens is 4. The lowest BCUT2D eigenvalue weighted by Gasteiger charge is -2.14. The van der Waals surface area contributed by atoms with E-state index in [-0.39, 0.29) is 17.9 Å². The minimum Gasteiger partial charge on any atom is -0.347 e. The molecule has 0 saturated heterocycles. The van der Waals surface area contributed by atoms with Crippen LogP contribution in [0, 0.1) is 0 Å². The molecule has 1 unspecified atom stereocenters. The second-order valence-electron chi connectivity index (χ2n) is 5.55. The van der Waals surface area contributed by atoms with Gasteiger partial charge in [0.05, 0.1) is 31.1 Å². The number of H-pyrrole nitrogens is 2. The standard InChI is InChI=1S/C17H18N6O2/c1-11(23-17(25)15-8-19-10-22-15)13-4-2-12(3-5-13)6-20-16(24)14-7-18-9-21-14/h2-5,7-11H,6H2,1H3,(H,18,21)(H,19,22)(H,20,24)(H,23,25). The van der Waals surface area contributed by atoms with E-state index in [1.807, 2.05) is 31.2 Å². The van der Waals surface area contributed by atoms with Gasteiger partial charge in [-0.3, -0.25) is 9.59 Å². The summed E-state index contributed by atoms with van der Waals surface area (Å²) in [5.74, 6) is -0.414. The van der Waals surface area contributed by atoms with Crippen molar-refractivity contribution >= 4 is 11.8 Å². The lowest BCUT2D eigenvalue weighted by molar-refractivity contribution is 0.0930. The Bertz CT molecular complexity index is 825. The number of benzene rings is 1. The topological polar surface area (TPSA) is 116 Å². The lowest BCUT2D eigenvalue weighted by Crippen LogP contribution is -2.27. The average molecular weight is 338 g/mol. The number of rotatable bonds is 6. The van der Waals surface area contributed by atoms with E-state index in [1.54, 1.807) is 0 Å². The number of carbonyl (C=O) groups excluding carboxylic acids is 2. The van der Waals surface area contributed by atoms with Crippen LogP contribution in [0.3, 0.4) is 0 Å². The van der Waals surface area contributed by atoms with Crippen LogP contribution >= 0.6 is 0 Å². The summed E-state index contributed by atoms with van der Waals surface area (Å²) in [5, 5.41) is 5.71. The minimum absolute atomic E-state index is 0.149. The molecule has 0 spiro atoms. The largest absolute Gasteiger partial charge is 0.347 e. The van der Waals surface area contributed by atoms with E-state index in [0.29, 0.717) is 17.9 Å². The van der Waals surface area contributed by atoms with Crippen LogP contribution in [0.1, 0.15) is 45.1 Å². The van der Waals surface area contributed by atoms with Gasteiger partial charge in [0.2, 0.25) is 0 Å². The highest BCUT2D eigenvalue weighted by atomic mass is 16.2. The molecule has 0 radical (unpaired) electrons. The molecule has 0 fully saturated rings. The average Bonchev–Trinajstić information content (AvgIpc) is 3.33. The highest BCUT2D eigenvalue weighted by Gasteiger charge is 2.12. The van der Waals surface area contributed by atoms with E-state index in [2.05, 4.69) is 30.6 Å². The summed E-state index contributed by atoms with van der Waals surface area (Å²) in [7, 11) is 0. The van der Waals surface area contributed by atoms with Gasteiger partial charge in [-0.2, -0.15) is 0 Å². The van der Waals surface area contributed by atoms with Crippen LogP contribution in [-0.2, 0) is 6.54 Å². The van der Waals surface area contributed by atoms with E-state index < -0.39 is 0 Å². The fraction of sp³-hybridized carbons (Fsp3) is 0.176. The molecule has 0 saturated carbocycles. The van der Waals surface area contributed by atoms with Crippen molar-refractivity contribution in [2.24, 2.45) is 0 Å². The van der Waals surface area contributed by atoms with Crippen molar-refractivity contribution in [3.8, 4) is 0 Å². The molecular weight excluding hydrogens is 320 g/mol. The first kappa shape index (κ1) is 16.4. The van der Waals surface area contributed by atoms with E-state index in [1.165, 1.54) is 25.0 Å². The Hall–Kier alpha value is -3.42. The first-order valence-corrected chi connectivity index (χ1v) is 7.78. The molecular formula is C17H18N6O2. The summed E-state index contributed by atoms with van der Waals surface area (Å²) >= 11 is 0. The van der Waals surface area contributed by atoms with Crippen molar-refractivity contribution in [3.63, 3.8) is 0 Å². The smallest absolute Gasteiger partial charge is 0.269 e. The second-order valence-corrected chi connectivity index (χ2v) is 5.55. The number of nitrogens with one attached hydrogen (secondary N) is 4. The van der Waals surface area contributed by atoms with Crippen molar-refractivity contribution in [2.75, 3.05) is 0 Å². The molecule has 3 aromatic rings. The third-order valence-corrected chi connectivity index (χ3v) is 3.77. The van der Waals surface area contributed by atoms with Gasteiger partial charge < -0.3 is 20.6 Å². The fourth-order valence-corrected chi connectivity index (χ4v) is 2.32. The minimum atomic E-state index is -0.208. The van der Waals surface area contributed by atoms with Gasteiger partial charge >= 0.3 is 0 Å². The number of hydrogen-bond donors (Lipinski definition) is 4. The summed E-state index contributed by atoms with van der Waals surface area (Å²) in [6.07, 6.45) is 5.88. The molecule has 2 aromatic heterocycles. The molecule has 1 atom stereocenters. The summed E-state index contributed by atoms with van der Waals surface area (Å²) in [5.41, 5.74) is 2.77. The van der Waals surface area contributed by atoms with Gasteiger partial charge in [0, 0.05) is 6.54 Å². The summed E-state index contributed by atoms with van der Waals surface area (Å²) < 4.78 is 0. The predicted molar refractivity (Wildman–Crippen MR) is 90.7 cm³/mol. The number of carbonyl (C=O) groups is 2. The van der Waals surface area contributed by atoms with Crippen molar-refractivity contribution in [2.45, 2.75) is 19.5 Å². The molecule has 8 heteroatoms. The number of nitrogens with zero attached hydrogens (tertiary/aromatic N) is 2. The van der Waals surface area contributed by atoms with E-state index in [0.717, 1.165) is 11.1 Å². The third kappa shape index (κ3) is 4.11. The zero-order valence-electron chi connectivity index (χ0n) is 13.6. The van der Waals surface area contributed by atoms with Crippen molar-refractivity contribution in [1.82, 2.24) is 30.6 Å². The van der Waals surface area contributed by atoms with Crippen LogP contribution in [0.4, 0.5) is 0 Å². The SMILES string of the molecule is CC(NC(=O)c1cnc[nH]1)c1ccc(CNC(=O)c2cnc[nH]2)cc1. The Kier molecular flexibility index (Phi) is 4.89. The van der Waals surface area contributed by atoms with Gasteiger partial charge in [-0.05, 0) is 18.1 Å². The molecule has 2 amide bonds. The molecule has 4 N–H and O–H groups in total. The Morgan fingerprint density at radius 1 is 1.00 bits per heavy atom. The third-order valence-electron chi connectivity index (χ3n) is 3.77. The maximum atomic E-state index is 12.0. The quantitative estimate of drug-likeness (QED) is 0.546. The Labute approximate surface area is 144 Å². The molecule has 3 rings (SSSR count). The van der Waals surface area contributed by atoms with E-state index in [9.17, 15) is 9.59 Å². The molecule has 0 bridgehead atoms. The van der Waals surface area contributed by atoms with Crippen LogP contribution < -0.4 is 10.6 Å². The maximum Gasteiger partial charge on any atom is 0.269 e. The number of imidazole rings is 2. The first-order valence-electron chi connectivity index (χ1n) is 7.78. The number of aromatic amines is 2. The van der Waals surface area contributed by atoms with Gasteiger partial charge in [0.25, 0.3) is 11.8 Å². The van der Waals surface area contributed by atoms with Crippen LogP contribution in [0.15, 0.2) is 49.3 Å². The van der Waals surface area contributed by atoms with Crippen LogP contribution in [-0.4, -0.2) is 31.8 Å². The van der Waals surface area contributed by atoms with Gasteiger partial charge in [0.1, 0.15) is 11.4 Å². The zero-order chi connectivity index (χ0) is 17.6. The molecule has 0 aliphatic carbocycles. The van der Waals surface area contributed by atoms with E-state index in [4.69, 9.17) is 0 Å². The lowest BCUT2D eigenvalue weighted by atomic mass is 10.1. The van der Waals surface area contributed by atoms with Crippen LogP contribution in [0.5, 0.6) is 0 Å². The molecule has 8 nitrogen and oxygen atoms in total. The van der Waals surface area contributed by atoms with Crippen molar-refractivity contribution in [1.29, 1.82) is 0 Å². The monoisotopic (exact) mass is 338 g/mol. The molecule has 0 aliphatic heterocycles. The fourth-order valence-electron chi connectivity index (χ4n) is 2.32. The molecule has 2 heterocycles. The zero-order valence-corrected chi connectivity index (χ0v) is 13.6. The maximum absolute atomic E-state index is 12.0. The van der Waals surface area contributed by atoms with Gasteiger partial charge in [-0.1, -0.05) is 24.3 Å². The highest BCUT2D eigenvalue weighted by Crippen LogP contribution is 2.14. The van der Waals surface area contributed by atoms with Crippen molar-refractivity contribution in [3.05, 3.63) is 71.8 Å². The van der Waals surface area contributed by atoms with Gasteiger partial charge in [-0.15, -0.1) is 0 Å². The molecule has 0 aliphatic rings.